The number of hydrogen-bond acceptors (Lipinski definition) is 2. The molecule has 1 fully saturated rings. The minimum Gasteiger partial charge on any atom is -0.361 e. The smallest absolute Gasteiger partial charge is 0.251 e. The Labute approximate surface area is 112 Å². The summed E-state index contributed by atoms with van der Waals surface area (Å²) in [4.78, 5) is 15.2. The highest BCUT2D eigenvalue weighted by Crippen LogP contribution is 2.14. The van der Waals surface area contributed by atoms with Gasteiger partial charge in [-0.15, -0.1) is 0 Å². The third-order valence-corrected chi connectivity index (χ3v) is 3.76. The Morgan fingerprint density at radius 1 is 1.37 bits per heavy atom. The maximum Gasteiger partial charge on any atom is 0.251 e. The number of fused-ring (bicyclic) bond motifs is 1. The van der Waals surface area contributed by atoms with Gasteiger partial charge in [-0.2, -0.15) is 0 Å². The lowest BCUT2D eigenvalue weighted by Gasteiger charge is -2.10. The van der Waals surface area contributed by atoms with Gasteiger partial charge in [0.2, 0.25) is 0 Å². The molecule has 0 spiro atoms. The summed E-state index contributed by atoms with van der Waals surface area (Å²) < 4.78 is 0. The molecule has 4 heteroatoms. The zero-order valence-electron chi connectivity index (χ0n) is 10.9. The molecule has 1 saturated heterocycles. The van der Waals surface area contributed by atoms with Crippen molar-refractivity contribution in [1.29, 1.82) is 0 Å². The van der Waals surface area contributed by atoms with Crippen LogP contribution in [0.3, 0.4) is 0 Å². The first-order chi connectivity index (χ1) is 9.33. The average Bonchev–Trinajstić information content (AvgIpc) is 3.08. The molecule has 100 valence electrons. The van der Waals surface area contributed by atoms with Crippen molar-refractivity contribution in [3.05, 3.63) is 36.0 Å². The number of carbonyl (C=O) groups excluding carboxylic acids is 1. The molecule has 1 atom stereocenters. The molecule has 0 radical (unpaired) electrons. The molecule has 0 saturated carbocycles. The lowest BCUT2D eigenvalue weighted by molar-refractivity contribution is 0.0952. The number of rotatable bonds is 4. The van der Waals surface area contributed by atoms with Gasteiger partial charge in [-0.3, -0.25) is 4.79 Å². The maximum absolute atomic E-state index is 12.0. The van der Waals surface area contributed by atoms with Crippen LogP contribution in [-0.4, -0.2) is 30.0 Å². The van der Waals surface area contributed by atoms with E-state index in [-0.39, 0.29) is 5.91 Å². The van der Waals surface area contributed by atoms with E-state index in [1.165, 1.54) is 12.8 Å². The van der Waals surface area contributed by atoms with Gasteiger partial charge < -0.3 is 15.6 Å². The Hall–Kier alpha value is -1.81. The summed E-state index contributed by atoms with van der Waals surface area (Å²) in [6.07, 6.45) is 5.38. The van der Waals surface area contributed by atoms with Crippen LogP contribution in [-0.2, 0) is 0 Å². The fraction of sp³-hybridized carbons (Fsp3) is 0.400. The Bertz CT molecular complexity index is 570. The highest BCUT2D eigenvalue weighted by Gasteiger charge is 2.14. The van der Waals surface area contributed by atoms with E-state index in [1.54, 1.807) is 0 Å². The lowest BCUT2D eigenvalue weighted by Crippen LogP contribution is -2.30. The number of amides is 1. The number of benzene rings is 1. The molecule has 1 aliphatic heterocycles. The Morgan fingerprint density at radius 2 is 2.32 bits per heavy atom. The molecule has 2 aromatic rings. The number of H-pyrrole nitrogens is 1. The van der Waals surface area contributed by atoms with E-state index >= 15 is 0 Å². The number of nitrogens with one attached hydrogen (secondary N) is 3. The molecule has 0 bridgehead atoms. The van der Waals surface area contributed by atoms with Gasteiger partial charge in [0.1, 0.15) is 0 Å². The first-order valence-corrected chi connectivity index (χ1v) is 6.92. The third kappa shape index (κ3) is 2.79. The fourth-order valence-electron chi connectivity index (χ4n) is 2.66. The average molecular weight is 257 g/mol. The summed E-state index contributed by atoms with van der Waals surface area (Å²) in [6, 6.07) is 8.29. The summed E-state index contributed by atoms with van der Waals surface area (Å²) in [5, 5.41) is 7.50. The second-order valence-corrected chi connectivity index (χ2v) is 5.12. The normalized spacial score (nSPS) is 18.8. The van der Waals surface area contributed by atoms with E-state index in [2.05, 4.69) is 15.6 Å². The second kappa shape index (κ2) is 5.45. The molecule has 1 unspecified atom stereocenters. The zero-order valence-corrected chi connectivity index (χ0v) is 10.9. The monoisotopic (exact) mass is 257 g/mol. The highest BCUT2D eigenvalue weighted by molar-refractivity contribution is 5.98. The fourth-order valence-corrected chi connectivity index (χ4v) is 2.66. The molecule has 2 heterocycles. The molecule has 1 aromatic heterocycles. The van der Waals surface area contributed by atoms with Crippen LogP contribution in [0.1, 0.15) is 29.6 Å². The van der Waals surface area contributed by atoms with Gasteiger partial charge in [-0.05, 0) is 50.1 Å². The summed E-state index contributed by atoms with van der Waals surface area (Å²) >= 11 is 0. The lowest BCUT2D eigenvalue weighted by atomic mass is 10.1. The summed E-state index contributed by atoms with van der Waals surface area (Å²) in [7, 11) is 0. The first-order valence-electron chi connectivity index (χ1n) is 6.92. The van der Waals surface area contributed by atoms with Crippen LogP contribution in [0.25, 0.3) is 10.9 Å². The van der Waals surface area contributed by atoms with E-state index in [9.17, 15) is 4.79 Å². The van der Waals surface area contributed by atoms with Crippen molar-refractivity contribution in [3.63, 3.8) is 0 Å². The maximum atomic E-state index is 12.0. The van der Waals surface area contributed by atoms with Crippen LogP contribution in [0.15, 0.2) is 30.5 Å². The summed E-state index contributed by atoms with van der Waals surface area (Å²) in [6.45, 7) is 1.85. The molecular formula is C15H19N3O. The van der Waals surface area contributed by atoms with Crippen molar-refractivity contribution in [2.75, 3.05) is 13.1 Å². The molecule has 3 rings (SSSR count). The minimum absolute atomic E-state index is 0.0149. The van der Waals surface area contributed by atoms with Gasteiger partial charge in [0.15, 0.2) is 0 Å². The first kappa shape index (κ1) is 12.2. The van der Waals surface area contributed by atoms with E-state index in [0.29, 0.717) is 6.04 Å². The van der Waals surface area contributed by atoms with E-state index in [4.69, 9.17) is 0 Å². The van der Waals surface area contributed by atoms with Crippen LogP contribution in [0.5, 0.6) is 0 Å². The van der Waals surface area contributed by atoms with Crippen LogP contribution < -0.4 is 10.6 Å². The molecule has 3 N–H and O–H groups in total. The number of aromatic nitrogens is 1. The van der Waals surface area contributed by atoms with Crippen molar-refractivity contribution < 1.29 is 4.79 Å². The van der Waals surface area contributed by atoms with Crippen LogP contribution in [0, 0.1) is 0 Å². The molecule has 1 aromatic carbocycles. The summed E-state index contributed by atoms with van der Waals surface area (Å²) in [5.74, 6) is 0.0149. The van der Waals surface area contributed by atoms with Crippen molar-refractivity contribution in [1.82, 2.24) is 15.6 Å². The Kier molecular flexibility index (Phi) is 3.51. The van der Waals surface area contributed by atoms with Gasteiger partial charge in [-0.25, -0.2) is 0 Å². The van der Waals surface area contributed by atoms with Crippen molar-refractivity contribution in [3.8, 4) is 0 Å². The molecule has 1 aliphatic rings. The van der Waals surface area contributed by atoms with Gasteiger partial charge in [0.25, 0.3) is 5.91 Å². The van der Waals surface area contributed by atoms with Crippen LogP contribution in [0.4, 0.5) is 0 Å². The van der Waals surface area contributed by atoms with Gasteiger partial charge in [0, 0.05) is 35.2 Å². The molecule has 4 nitrogen and oxygen atoms in total. The van der Waals surface area contributed by atoms with E-state index < -0.39 is 0 Å². The van der Waals surface area contributed by atoms with Crippen LogP contribution >= 0.6 is 0 Å². The summed E-state index contributed by atoms with van der Waals surface area (Å²) in [5.41, 5.74) is 1.79. The quantitative estimate of drug-likeness (QED) is 0.785. The molecule has 19 heavy (non-hydrogen) atoms. The predicted octanol–water partition coefficient (Wildman–Crippen LogP) is 2.04. The van der Waals surface area contributed by atoms with Crippen molar-refractivity contribution >= 4 is 16.8 Å². The third-order valence-electron chi connectivity index (χ3n) is 3.76. The van der Waals surface area contributed by atoms with Gasteiger partial charge in [0.05, 0.1) is 0 Å². The molecule has 1 amide bonds. The SMILES string of the molecule is O=C(NCCC1CCCN1)c1ccc2[nH]ccc2c1. The predicted molar refractivity (Wildman–Crippen MR) is 76.3 cm³/mol. The van der Waals surface area contributed by atoms with E-state index in [1.807, 2.05) is 30.5 Å². The Morgan fingerprint density at radius 3 is 3.16 bits per heavy atom. The van der Waals surface area contributed by atoms with Gasteiger partial charge in [-0.1, -0.05) is 0 Å². The largest absolute Gasteiger partial charge is 0.361 e. The number of aromatic amines is 1. The number of hydrogen-bond donors (Lipinski definition) is 3. The van der Waals surface area contributed by atoms with Crippen molar-refractivity contribution in [2.45, 2.75) is 25.3 Å². The van der Waals surface area contributed by atoms with E-state index in [0.717, 1.165) is 36.0 Å². The second-order valence-electron chi connectivity index (χ2n) is 5.12. The standard InChI is InChI=1S/C15H19N3O/c19-15(18-9-6-13-2-1-7-16-13)12-3-4-14-11(10-12)5-8-17-14/h3-5,8,10,13,16-17H,1-2,6-7,9H2,(H,18,19). The molecule has 0 aliphatic carbocycles. The number of carbonyl (C=O) groups is 1. The van der Waals surface area contributed by atoms with Crippen molar-refractivity contribution in [2.24, 2.45) is 0 Å². The topological polar surface area (TPSA) is 56.9 Å². The highest BCUT2D eigenvalue weighted by atomic mass is 16.1. The minimum atomic E-state index is 0.0149. The zero-order chi connectivity index (χ0) is 13.1. The Balaban J connectivity index is 1.56. The van der Waals surface area contributed by atoms with Crippen LogP contribution in [0.2, 0.25) is 0 Å². The van der Waals surface area contributed by atoms with Gasteiger partial charge >= 0.3 is 0 Å². The molecular weight excluding hydrogens is 238 g/mol.